The zero-order chi connectivity index (χ0) is 28.5. The van der Waals surface area contributed by atoms with Crippen molar-refractivity contribution in [3.05, 3.63) is 72.3 Å². The Hall–Kier alpha value is -4.25. The second kappa shape index (κ2) is 13.3. The SMILES string of the molecule is C#Cc1ccccc1C(C(=O)Nc1ccc(OC)cc1)N(CC=C)C(=O)C(NC(=O)OC(C)(C)C)C(C)C. The molecule has 3 amide bonds. The molecule has 8 heteroatoms. The van der Waals surface area contributed by atoms with Crippen LogP contribution in [0.1, 0.15) is 51.8 Å². The normalized spacial score (nSPS) is 12.5. The predicted octanol–water partition coefficient (Wildman–Crippen LogP) is 4.92. The summed E-state index contributed by atoms with van der Waals surface area (Å²) in [6, 6.07) is 11.7. The maximum absolute atomic E-state index is 14.0. The third-order valence-corrected chi connectivity index (χ3v) is 5.54. The molecule has 0 saturated heterocycles. The Morgan fingerprint density at radius 2 is 1.74 bits per heavy atom. The minimum absolute atomic E-state index is 0.0255. The van der Waals surface area contributed by atoms with Gasteiger partial charge in [-0.1, -0.05) is 44.0 Å². The van der Waals surface area contributed by atoms with Gasteiger partial charge in [-0.25, -0.2) is 4.79 Å². The monoisotopic (exact) mass is 519 g/mol. The number of nitrogens with one attached hydrogen (secondary N) is 2. The highest BCUT2D eigenvalue weighted by atomic mass is 16.6. The van der Waals surface area contributed by atoms with E-state index in [-0.39, 0.29) is 12.5 Å². The van der Waals surface area contributed by atoms with Gasteiger partial charge in [0.15, 0.2) is 0 Å². The molecule has 0 spiro atoms. The number of nitrogens with zero attached hydrogens (tertiary/aromatic N) is 1. The lowest BCUT2D eigenvalue weighted by molar-refractivity contribution is -0.141. The maximum atomic E-state index is 14.0. The van der Waals surface area contributed by atoms with E-state index >= 15 is 0 Å². The van der Waals surface area contributed by atoms with Crippen LogP contribution in [0.5, 0.6) is 5.75 Å². The van der Waals surface area contributed by atoms with Crippen molar-refractivity contribution in [1.82, 2.24) is 10.2 Å². The molecule has 2 atom stereocenters. The van der Waals surface area contributed by atoms with Crippen LogP contribution < -0.4 is 15.4 Å². The number of benzene rings is 2. The lowest BCUT2D eigenvalue weighted by Gasteiger charge is -2.35. The number of carbonyl (C=O) groups excluding carboxylic acids is 3. The number of methoxy groups -OCH3 is 1. The highest BCUT2D eigenvalue weighted by Crippen LogP contribution is 2.28. The van der Waals surface area contributed by atoms with E-state index in [9.17, 15) is 14.4 Å². The van der Waals surface area contributed by atoms with E-state index in [0.717, 1.165) is 0 Å². The third-order valence-electron chi connectivity index (χ3n) is 5.54. The van der Waals surface area contributed by atoms with Crippen LogP contribution in [0.25, 0.3) is 0 Å². The van der Waals surface area contributed by atoms with Gasteiger partial charge in [0.2, 0.25) is 5.91 Å². The van der Waals surface area contributed by atoms with Crippen LogP contribution in [0.4, 0.5) is 10.5 Å². The summed E-state index contributed by atoms with van der Waals surface area (Å²) in [5, 5.41) is 5.55. The van der Waals surface area contributed by atoms with E-state index in [0.29, 0.717) is 22.6 Å². The molecule has 0 heterocycles. The predicted molar refractivity (Wildman–Crippen MR) is 149 cm³/mol. The second-order valence-electron chi connectivity index (χ2n) is 10.00. The summed E-state index contributed by atoms with van der Waals surface area (Å²) in [7, 11) is 1.55. The molecule has 0 bridgehead atoms. The van der Waals surface area contributed by atoms with Gasteiger partial charge in [0, 0.05) is 17.8 Å². The Balaban J connectivity index is 2.54. The number of amides is 3. The quantitative estimate of drug-likeness (QED) is 0.343. The largest absolute Gasteiger partial charge is 0.497 e. The second-order valence-corrected chi connectivity index (χ2v) is 10.00. The molecular formula is C30H37N3O5. The summed E-state index contributed by atoms with van der Waals surface area (Å²) in [6.45, 7) is 12.6. The molecule has 0 aliphatic rings. The summed E-state index contributed by atoms with van der Waals surface area (Å²) in [4.78, 5) is 41.7. The Bertz CT molecular complexity index is 1180. The standard InChI is InChI=1S/C30H37N3O5/c1-9-19-33(28(35)25(20(3)4)32-29(36)38-30(5,6)7)26(24-14-12-11-13-21(24)10-2)27(34)31-22-15-17-23(37-8)18-16-22/h2,9,11-18,20,25-26H,1,19H2,3-8H3,(H,31,34)(H,32,36). The average molecular weight is 520 g/mol. The van der Waals surface area contributed by atoms with Crippen LogP contribution in [-0.2, 0) is 14.3 Å². The summed E-state index contributed by atoms with van der Waals surface area (Å²) < 4.78 is 10.6. The van der Waals surface area contributed by atoms with Crippen molar-refractivity contribution in [3.8, 4) is 18.1 Å². The lowest BCUT2D eigenvalue weighted by atomic mass is 9.95. The van der Waals surface area contributed by atoms with Gasteiger partial charge in [0.05, 0.1) is 7.11 Å². The molecule has 0 saturated carbocycles. The van der Waals surface area contributed by atoms with E-state index in [2.05, 4.69) is 23.1 Å². The molecule has 2 aromatic rings. The van der Waals surface area contributed by atoms with E-state index < -0.39 is 35.6 Å². The Morgan fingerprint density at radius 1 is 1.11 bits per heavy atom. The minimum atomic E-state index is -1.11. The van der Waals surface area contributed by atoms with Crippen molar-refractivity contribution in [1.29, 1.82) is 0 Å². The van der Waals surface area contributed by atoms with Gasteiger partial charge in [-0.15, -0.1) is 13.0 Å². The molecule has 2 rings (SSSR count). The lowest BCUT2D eigenvalue weighted by Crippen LogP contribution is -2.54. The molecule has 0 fully saturated rings. The van der Waals surface area contributed by atoms with Gasteiger partial charge in [0.25, 0.3) is 5.91 Å². The van der Waals surface area contributed by atoms with E-state index in [1.165, 1.54) is 11.0 Å². The molecule has 8 nitrogen and oxygen atoms in total. The number of hydrogen-bond acceptors (Lipinski definition) is 5. The smallest absolute Gasteiger partial charge is 0.408 e. The summed E-state index contributed by atoms with van der Waals surface area (Å²) in [5.41, 5.74) is 0.695. The molecule has 0 aliphatic heterocycles. The Labute approximate surface area is 225 Å². The van der Waals surface area contributed by atoms with Crippen molar-refractivity contribution in [2.45, 2.75) is 52.3 Å². The summed E-state index contributed by atoms with van der Waals surface area (Å²) in [5.74, 6) is 1.97. The van der Waals surface area contributed by atoms with Crippen LogP contribution in [0.2, 0.25) is 0 Å². The number of carbonyl (C=O) groups is 3. The van der Waals surface area contributed by atoms with Gasteiger partial charge >= 0.3 is 6.09 Å². The van der Waals surface area contributed by atoms with Gasteiger partial charge in [-0.2, -0.15) is 0 Å². The highest BCUT2D eigenvalue weighted by Gasteiger charge is 2.37. The van der Waals surface area contributed by atoms with Crippen LogP contribution in [0.15, 0.2) is 61.2 Å². The first-order valence-electron chi connectivity index (χ1n) is 12.3. The third kappa shape index (κ3) is 8.13. The van der Waals surface area contributed by atoms with E-state index in [4.69, 9.17) is 15.9 Å². The van der Waals surface area contributed by atoms with Gasteiger partial charge in [-0.05, 0) is 62.6 Å². The van der Waals surface area contributed by atoms with Crippen LogP contribution in [-0.4, -0.2) is 48.1 Å². The number of rotatable bonds is 10. The fourth-order valence-electron chi connectivity index (χ4n) is 3.79. The van der Waals surface area contributed by atoms with Crippen molar-refractivity contribution in [2.75, 3.05) is 19.0 Å². The van der Waals surface area contributed by atoms with Crippen LogP contribution >= 0.6 is 0 Å². The average Bonchev–Trinajstić information content (AvgIpc) is 2.86. The van der Waals surface area contributed by atoms with Crippen LogP contribution in [0, 0.1) is 18.3 Å². The fourth-order valence-corrected chi connectivity index (χ4v) is 3.79. The molecule has 0 aliphatic carbocycles. The first-order chi connectivity index (χ1) is 17.9. The fraction of sp³-hybridized carbons (Fsp3) is 0.367. The zero-order valence-electron chi connectivity index (χ0n) is 22.9. The molecule has 2 aromatic carbocycles. The van der Waals surface area contributed by atoms with Gasteiger partial charge < -0.3 is 25.0 Å². The maximum Gasteiger partial charge on any atom is 0.408 e. The van der Waals surface area contributed by atoms with Gasteiger partial charge in [0.1, 0.15) is 23.4 Å². The van der Waals surface area contributed by atoms with Crippen molar-refractivity contribution in [2.24, 2.45) is 5.92 Å². The number of alkyl carbamates (subject to hydrolysis) is 1. The molecular weight excluding hydrogens is 482 g/mol. The Kier molecular flexibility index (Phi) is 10.5. The highest BCUT2D eigenvalue weighted by molar-refractivity contribution is 5.99. The summed E-state index contributed by atoms with van der Waals surface area (Å²) >= 11 is 0. The molecule has 202 valence electrons. The van der Waals surface area contributed by atoms with Crippen molar-refractivity contribution < 1.29 is 23.9 Å². The zero-order valence-corrected chi connectivity index (χ0v) is 22.9. The molecule has 38 heavy (non-hydrogen) atoms. The minimum Gasteiger partial charge on any atom is -0.497 e. The molecule has 0 radical (unpaired) electrons. The van der Waals surface area contributed by atoms with Crippen LogP contribution in [0.3, 0.4) is 0 Å². The summed E-state index contributed by atoms with van der Waals surface area (Å²) in [6.07, 6.45) is 6.56. The molecule has 2 N–H and O–H groups in total. The van der Waals surface area contributed by atoms with E-state index in [1.54, 1.807) is 90.3 Å². The van der Waals surface area contributed by atoms with Gasteiger partial charge in [-0.3, -0.25) is 9.59 Å². The number of ether oxygens (including phenoxy) is 2. The molecule has 2 unspecified atom stereocenters. The number of terminal acetylenes is 1. The van der Waals surface area contributed by atoms with E-state index in [1.807, 2.05) is 0 Å². The topological polar surface area (TPSA) is 97.0 Å². The number of hydrogen-bond donors (Lipinski definition) is 2. The van der Waals surface area contributed by atoms with Crippen molar-refractivity contribution in [3.63, 3.8) is 0 Å². The number of anilines is 1. The van der Waals surface area contributed by atoms with Crippen molar-refractivity contribution >= 4 is 23.6 Å². The first-order valence-corrected chi connectivity index (χ1v) is 12.3. The Morgan fingerprint density at radius 3 is 2.26 bits per heavy atom. The first kappa shape index (κ1) is 30.0. The molecule has 0 aromatic heterocycles.